The third kappa shape index (κ3) is 4.07. The fraction of sp³-hybridized carbons (Fsp3) is 0. The summed E-state index contributed by atoms with van der Waals surface area (Å²) in [5.41, 5.74) is 8.75. The van der Waals surface area contributed by atoms with Crippen LogP contribution in [0.15, 0.2) is 164 Å². The molecular formula is C48H27N3S. The Labute approximate surface area is 301 Å². The van der Waals surface area contributed by atoms with Crippen molar-refractivity contribution in [3.8, 4) is 22.4 Å². The first kappa shape index (κ1) is 28.1. The zero-order valence-corrected chi connectivity index (χ0v) is 28.7. The number of fused-ring (bicyclic) bond motifs is 13. The van der Waals surface area contributed by atoms with Crippen LogP contribution in [0.2, 0.25) is 0 Å². The molecule has 0 fully saturated rings. The molecule has 4 aromatic heterocycles. The van der Waals surface area contributed by atoms with Gasteiger partial charge in [-0.15, -0.1) is 11.3 Å². The van der Waals surface area contributed by atoms with Crippen LogP contribution in [-0.2, 0) is 0 Å². The molecule has 0 aliphatic carbocycles. The highest BCUT2D eigenvalue weighted by Crippen LogP contribution is 2.43. The van der Waals surface area contributed by atoms with Crippen molar-refractivity contribution < 1.29 is 0 Å². The maximum atomic E-state index is 5.41. The van der Waals surface area contributed by atoms with Gasteiger partial charge in [-0.3, -0.25) is 9.38 Å². The van der Waals surface area contributed by atoms with Crippen molar-refractivity contribution in [2.45, 2.75) is 0 Å². The first-order valence-electron chi connectivity index (χ1n) is 17.6. The summed E-state index contributed by atoms with van der Waals surface area (Å²) in [5.74, 6) is 0. The Morgan fingerprint density at radius 1 is 0.423 bits per heavy atom. The summed E-state index contributed by atoms with van der Waals surface area (Å²) in [5, 5.41) is 13.5. The second-order valence-electron chi connectivity index (χ2n) is 13.9. The van der Waals surface area contributed by atoms with Crippen molar-refractivity contribution in [1.29, 1.82) is 0 Å². The molecule has 0 aliphatic heterocycles. The Morgan fingerprint density at radius 2 is 1.08 bits per heavy atom. The first-order valence-corrected chi connectivity index (χ1v) is 18.4. The average Bonchev–Trinajstić information content (AvgIpc) is 3.75. The maximum absolute atomic E-state index is 5.41. The third-order valence-corrected chi connectivity index (χ3v) is 12.1. The Bertz CT molecular complexity index is 3450. The molecule has 0 spiro atoms. The van der Waals surface area contributed by atoms with Gasteiger partial charge in [0.2, 0.25) is 0 Å². The van der Waals surface area contributed by atoms with Gasteiger partial charge in [-0.1, -0.05) is 109 Å². The van der Waals surface area contributed by atoms with E-state index < -0.39 is 0 Å². The molecule has 0 N–H and O–H groups in total. The first-order chi connectivity index (χ1) is 25.7. The summed E-state index contributed by atoms with van der Waals surface area (Å²) in [4.78, 5) is 10.2. The molecule has 3 nitrogen and oxygen atoms in total. The fourth-order valence-corrected chi connectivity index (χ4v) is 9.50. The number of pyridine rings is 2. The number of imidazole rings is 1. The fourth-order valence-electron chi connectivity index (χ4n) is 8.31. The minimum Gasteiger partial charge on any atom is -0.291 e. The van der Waals surface area contributed by atoms with Gasteiger partial charge in [-0.2, -0.15) is 0 Å². The van der Waals surface area contributed by atoms with E-state index in [0.717, 1.165) is 44.4 Å². The molecule has 4 heteroatoms. The molecule has 0 aliphatic rings. The summed E-state index contributed by atoms with van der Waals surface area (Å²) >= 11 is 1.84. The Balaban J connectivity index is 1.10. The molecule has 12 aromatic rings. The number of hydrogen-bond donors (Lipinski definition) is 0. The van der Waals surface area contributed by atoms with Gasteiger partial charge in [-0.25, -0.2) is 4.98 Å². The van der Waals surface area contributed by atoms with Gasteiger partial charge in [0.1, 0.15) is 0 Å². The highest BCUT2D eigenvalue weighted by atomic mass is 32.1. The zero-order chi connectivity index (χ0) is 33.9. The van der Waals surface area contributed by atoms with Crippen molar-refractivity contribution in [2.75, 3.05) is 0 Å². The number of hydrogen-bond acceptors (Lipinski definition) is 3. The van der Waals surface area contributed by atoms with Gasteiger partial charge in [0.25, 0.3) is 0 Å². The number of nitrogens with zero attached hydrogens (tertiary/aromatic N) is 3. The van der Waals surface area contributed by atoms with Crippen LogP contribution in [0.25, 0.3) is 113 Å². The van der Waals surface area contributed by atoms with Crippen LogP contribution in [0.1, 0.15) is 0 Å². The average molecular weight is 678 g/mol. The molecule has 4 heterocycles. The predicted octanol–water partition coefficient (Wildman–Crippen LogP) is 13.4. The number of aromatic nitrogens is 3. The van der Waals surface area contributed by atoms with Crippen molar-refractivity contribution in [3.05, 3.63) is 164 Å². The highest BCUT2D eigenvalue weighted by Gasteiger charge is 2.19. The second kappa shape index (κ2) is 10.5. The standard InChI is InChI=1S/C48H27N3S/c1-2-8-31-20-37-24-45-43(23-36(37)19-30(31)7-1)50-48-47-41(40-21-32-9-3-4-10-33(32)25-46(40)52-47)26-44(51(45)48)29-15-13-28(14-16-29)34-17-18-39-38-12-6-5-11-35(38)27-49-42(39)22-34/h1-27H. The lowest BCUT2D eigenvalue weighted by atomic mass is 9.99. The largest absolute Gasteiger partial charge is 0.291 e. The van der Waals surface area contributed by atoms with E-state index in [1.807, 2.05) is 17.5 Å². The third-order valence-electron chi connectivity index (χ3n) is 10.9. The smallest absolute Gasteiger partial charge is 0.156 e. The molecule has 52 heavy (non-hydrogen) atoms. The predicted molar refractivity (Wildman–Crippen MR) is 222 cm³/mol. The SMILES string of the molecule is c1ccc2cc3cc4c(cc3cc2c1)nc1c2sc3cc5ccccc5cc3c2cc(-c2ccc(-c3ccc5c(c3)ncc3ccccc35)cc2)n41. The normalized spacial score (nSPS) is 12.2. The van der Waals surface area contributed by atoms with Gasteiger partial charge >= 0.3 is 0 Å². The minimum absolute atomic E-state index is 1.00. The monoisotopic (exact) mass is 677 g/mol. The number of rotatable bonds is 2. The lowest BCUT2D eigenvalue weighted by Gasteiger charge is -2.11. The molecule has 240 valence electrons. The van der Waals surface area contributed by atoms with E-state index in [2.05, 4.69) is 162 Å². The van der Waals surface area contributed by atoms with E-state index in [-0.39, 0.29) is 0 Å². The van der Waals surface area contributed by atoms with E-state index in [1.54, 1.807) is 0 Å². The van der Waals surface area contributed by atoms with Crippen molar-refractivity contribution >= 4 is 102 Å². The molecule has 0 amide bonds. The lowest BCUT2D eigenvalue weighted by Crippen LogP contribution is -1.93. The molecule has 0 bridgehead atoms. The van der Waals surface area contributed by atoms with Gasteiger partial charge in [0.05, 0.1) is 26.9 Å². The van der Waals surface area contributed by atoms with Gasteiger partial charge < -0.3 is 0 Å². The number of thiophene rings is 1. The molecule has 0 saturated carbocycles. The summed E-state index contributed by atoms with van der Waals surface area (Å²) < 4.78 is 4.89. The Morgan fingerprint density at radius 3 is 1.87 bits per heavy atom. The van der Waals surface area contributed by atoms with E-state index in [1.165, 1.54) is 68.8 Å². The quantitative estimate of drug-likeness (QED) is 0.135. The van der Waals surface area contributed by atoms with Crippen LogP contribution < -0.4 is 0 Å². The van der Waals surface area contributed by atoms with Crippen molar-refractivity contribution in [1.82, 2.24) is 14.4 Å². The van der Waals surface area contributed by atoms with Crippen LogP contribution in [0.5, 0.6) is 0 Å². The Hall–Kier alpha value is -6.62. The van der Waals surface area contributed by atoms with Crippen molar-refractivity contribution in [2.24, 2.45) is 0 Å². The topological polar surface area (TPSA) is 30.2 Å². The van der Waals surface area contributed by atoms with Gasteiger partial charge in [0, 0.05) is 32.4 Å². The lowest BCUT2D eigenvalue weighted by molar-refractivity contribution is 1.25. The molecule has 0 saturated heterocycles. The Kier molecular flexibility index (Phi) is 5.65. The second-order valence-corrected chi connectivity index (χ2v) is 14.9. The molecule has 0 unspecified atom stereocenters. The number of benzene rings is 8. The van der Waals surface area contributed by atoms with Crippen LogP contribution in [0.3, 0.4) is 0 Å². The van der Waals surface area contributed by atoms with Gasteiger partial charge in [-0.05, 0) is 103 Å². The van der Waals surface area contributed by atoms with Crippen LogP contribution >= 0.6 is 11.3 Å². The van der Waals surface area contributed by atoms with Crippen LogP contribution in [0.4, 0.5) is 0 Å². The molecule has 0 radical (unpaired) electrons. The summed E-state index contributed by atoms with van der Waals surface area (Å²) in [6, 6.07) is 57.6. The molecular weight excluding hydrogens is 651 g/mol. The molecule has 12 rings (SSSR count). The molecule has 0 atom stereocenters. The van der Waals surface area contributed by atoms with E-state index >= 15 is 0 Å². The zero-order valence-electron chi connectivity index (χ0n) is 27.8. The van der Waals surface area contributed by atoms with E-state index in [4.69, 9.17) is 9.97 Å². The van der Waals surface area contributed by atoms with E-state index in [0.29, 0.717) is 0 Å². The minimum atomic E-state index is 1.00. The van der Waals surface area contributed by atoms with Crippen molar-refractivity contribution in [3.63, 3.8) is 0 Å². The summed E-state index contributed by atoms with van der Waals surface area (Å²) in [6.07, 6.45) is 1.98. The summed E-state index contributed by atoms with van der Waals surface area (Å²) in [6.45, 7) is 0. The molecule has 8 aromatic carbocycles. The van der Waals surface area contributed by atoms with Gasteiger partial charge in [0.15, 0.2) is 5.65 Å². The summed E-state index contributed by atoms with van der Waals surface area (Å²) in [7, 11) is 0. The van der Waals surface area contributed by atoms with E-state index in [9.17, 15) is 0 Å². The highest BCUT2D eigenvalue weighted by molar-refractivity contribution is 7.26. The maximum Gasteiger partial charge on any atom is 0.156 e. The van der Waals surface area contributed by atoms with Crippen LogP contribution in [0, 0.1) is 0 Å². The van der Waals surface area contributed by atoms with Crippen LogP contribution in [-0.4, -0.2) is 14.4 Å².